The first kappa shape index (κ1) is 19.1. The lowest BCUT2D eigenvalue weighted by atomic mass is 9.78. The summed E-state index contributed by atoms with van der Waals surface area (Å²) in [6.45, 7) is 12.2. The molecule has 1 fully saturated rings. The molecule has 0 unspecified atom stereocenters. The number of carboxylic acids is 1. The van der Waals surface area contributed by atoms with Gasteiger partial charge in [-0.05, 0) is 51.2 Å². The molecule has 1 saturated heterocycles. The highest BCUT2D eigenvalue weighted by Gasteiger charge is 2.52. The lowest BCUT2D eigenvalue weighted by molar-refractivity contribution is 0.00578. The lowest BCUT2D eigenvalue weighted by Gasteiger charge is -2.32. The predicted molar refractivity (Wildman–Crippen MR) is 94.5 cm³/mol. The number of carbonyl (C=O) groups is 1. The van der Waals surface area contributed by atoms with Gasteiger partial charge in [-0.2, -0.15) is 0 Å². The van der Waals surface area contributed by atoms with E-state index in [1.54, 1.807) is 12.1 Å². The van der Waals surface area contributed by atoms with Crippen LogP contribution in [0.3, 0.4) is 0 Å². The monoisotopic (exact) mass is 354 g/mol. The van der Waals surface area contributed by atoms with Crippen molar-refractivity contribution in [3.63, 3.8) is 0 Å². The number of hydrogen-bond acceptors (Lipinski definition) is 4. The highest BCUT2D eigenvalue weighted by Crippen LogP contribution is 2.37. The van der Waals surface area contributed by atoms with Crippen LogP contribution in [0.25, 0.3) is 0 Å². The smallest absolute Gasteiger partial charge is 0.492 e. The van der Waals surface area contributed by atoms with Crippen LogP contribution in [0, 0.1) is 5.92 Å². The standard InChI is InChI=1S/C17H24BClO5/c1-10(2)9-22-13-8-11(7-12(19)14(13)15(20)21)18-23-16(3,4)17(5,6)24-18/h7-8,10H,9H2,1-6H3,(H,20,21). The van der Waals surface area contributed by atoms with E-state index in [2.05, 4.69) is 0 Å². The van der Waals surface area contributed by atoms with Crippen LogP contribution < -0.4 is 10.2 Å². The third-order valence-electron chi connectivity index (χ3n) is 4.39. The Morgan fingerprint density at radius 1 is 1.25 bits per heavy atom. The van der Waals surface area contributed by atoms with E-state index in [-0.39, 0.29) is 22.3 Å². The van der Waals surface area contributed by atoms with Gasteiger partial charge in [0.1, 0.15) is 11.3 Å². The molecule has 2 rings (SSSR count). The van der Waals surface area contributed by atoms with Crippen molar-refractivity contribution < 1.29 is 23.9 Å². The van der Waals surface area contributed by atoms with E-state index in [1.807, 2.05) is 41.5 Å². The minimum Gasteiger partial charge on any atom is -0.492 e. The maximum atomic E-state index is 11.5. The second-order valence-electron chi connectivity index (χ2n) is 7.47. The van der Waals surface area contributed by atoms with Crippen molar-refractivity contribution in [1.82, 2.24) is 0 Å². The summed E-state index contributed by atoms with van der Waals surface area (Å²) in [6.07, 6.45) is 0. The average Bonchev–Trinajstić information content (AvgIpc) is 2.64. The second kappa shape index (κ2) is 6.58. The van der Waals surface area contributed by atoms with Crippen LogP contribution in [0.15, 0.2) is 12.1 Å². The summed E-state index contributed by atoms with van der Waals surface area (Å²) in [7, 11) is -0.628. The maximum absolute atomic E-state index is 11.5. The Bertz CT molecular complexity index is 626. The van der Waals surface area contributed by atoms with Gasteiger partial charge in [-0.1, -0.05) is 25.4 Å². The SMILES string of the molecule is CC(C)COc1cc(B2OC(C)(C)C(C)(C)O2)cc(Cl)c1C(=O)O. The van der Waals surface area contributed by atoms with Gasteiger partial charge in [0.15, 0.2) is 0 Å². The molecule has 24 heavy (non-hydrogen) atoms. The highest BCUT2D eigenvalue weighted by atomic mass is 35.5. The Morgan fingerprint density at radius 3 is 2.25 bits per heavy atom. The van der Waals surface area contributed by atoms with Crippen molar-refractivity contribution in [3.8, 4) is 5.75 Å². The summed E-state index contributed by atoms with van der Waals surface area (Å²) < 4.78 is 17.7. The summed E-state index contributed by atoms with van der Waals surface area (Å²) >= 11 is 6.19. The van der Waals surface area contributed by atoms with Crippen molar-refractivity contribution in [1.29, 1.82) is 0 Å². The average molecular weight is 355 g/mol. The molecule has 0 aromatic heterocycles. The fraction of sp³-hybridized carbons (Fsp3) is 0.588. The summed E-state index contributed by atoms with van der Waals surface area (Å²) in [6, 6.07) is 3.20. The van der Waals surface area contributed by atoms with E-state index >= 15 is 0 Å². The minimum atomic E-state index is -1.13. The molecule has 1 aromatic rings. The lowest BCUT2D eigenvalue weighted by Crippen LogP contribution is -2.41. The van der Waals surface area contributed by atoms with E-state index in [1.165, 1.54) is 0 Å². The molecule has 0 radical (unpaired) electrons. The van der Waals surface area contributed by atoms with Gasteiger partial charge in [0.25, 0.3) is 0 Å². The zero-order valence-electron chi connectivity index (χ0n) is 15.0. The van der Waals surface area contributed by atoms with Crippen LogP contribution in [0.5, 0.6) is 5.75 Å². The fourth-order valence-corrected chi connectivity index (χ4v) is 2.59. The van der Waals surface area contributed by atoms with Crippen molar-refractivity contribution in [3.05, 3.63) is 22.7 Å². The number of rotatable bonds is 5. The van der Waals surface area contributed by atoms with Crippen LogP contribution in [0.2, 0.25) is 5.02 Å². The molecular formula is C17H24BClO5. The number of halogens is 1. The first-order valence-electron chi connectivity index (χ1n) is 8.00. The van der Waals surface area contributed by atoms with Gasteiger partial charge >= 0.3 is 13.1 Å². The van der Waals surface area contributed by atoms with E-state index in [0.29, 0.717) is 12.1 Å². The topological polar surface area (TPSA) is 65.0 Å². The molecular weight excluding hydrogens is 330 g/mol. The number of carboxylic acid groups (broad SMARTS) is 1. The fourth-order valence-electron chi connectivity index (χ4n) is 2.29. The largest absolute Gasteiger partial charge is 0.495 e. The molecule has 0 spiro atoms. The Balaban J connectivity index is 2.41. The molecule has 7 heteroatoms. The summed E-state index contributed by atoms with van der Waals surface area (Å²) in [5.41, 5.74) is -0.386. The van der Waals surface area contributed by atoms with Crippen LogP contribution in [0.1, 0.15) is 51.9 Å². The summed E-state index contributed by atoms with van der Waals surface area (Å²) in [4.78, 5) is 11.5. The zero-order chi connectivity index (χ0) is 18.3. The molecule has 1 aromatic carbocycles. The first-order chi connectivity index (χ1) is 10.9. The van der Waals surface area contributed by atoms with Crippen molar-refractivity contribution in [2.24, 2.45) is 5.92 Å². The molecule has 1 aliphatic heterocycles. The van der Waals surface area contributed by atoms with E-state index in [9.17, 15) is 9.90 Å². The van der Waals surface area contributed by atoms with Gasteiger partial charge in [0.2, 0.25) is 0 Å². The number of aromatic carboxylic acids is 1. The van der Waals surface area contributed by atoms with Crippen LogP contribution in [-0.4, -0.2) is 36.0 Å². The molecule has 0 saturated carbocycles. The molecule has 1 heterocycles. The van der Waals surface area contributed by atoms with Gasteiger partial charge < -0.3 is 19.2 Å². The van der Waals surface area contributed by atoms with Gasteiger partial charge in [-0.15, -0.1) is 0 Å². The Hall–Kier alpha value is -1.24. The third-order valence-corrected chi connectivity index (χ3v) is 4.69. The molecule has 0 atom stereocenters. The Labute approximate surface area is 148 Å². The molecule has 1 N–H and O–H groups in total. The van der Waals surface area contributed by atoms with E-state index in [0.717, 1.165) is 0 Å². The zero-order valence-corrected chi connectivity index (χ0v) is 15.7. The van der Waals surface area contributed by atoms with E-state index in [4.69, 9.17) is 25.6 Å². The van der Waals surface area contributed by atoms with Gasteiger partial charge in [-0.25, -0.2) is 4.79 Å². The van der Waals surface area contributed by atoms with Gasteiger partial charge in [-0.3, -0.25) is 0 Å². The number of hydrogen-bond donors (Lipinski definition) is 1. The van der Waals surface area contributed by atoms with Gasteiger partial charge in [0, 0.05) is 0 Å². The molecule has 0 amide bonds. The molecule has 1 aliphatic rings. The van der Waals surface area contributed by atoms with E-state index < -0.39 is 24.3 Å². The Morgan fingerprint density at radius 2 is 1.79 bits per heavy atom. The summed E-state index contributed by atoms with van der Waals surface area (Å²) in [5.74, 6) is -0.640. The minimum absolute atomic E-state index is 0.0439. The van der Waals surface area contributed by atoms with Crippen molar-refractivity contribution in [2.75, 3.05) is 6.61 Å². The summed E-state index contributed by atoms with van der Waals surface area (Å²) in [5, 5.41) is 9.51. The molecule has 132 valence electrons. The molecule has 0 bridgehead atoms. The normalized spacial score (nSPS) is 18.9. The van der Waals surface area contributed by atoms with Gasteiger partial charge in [0.05, 0.1) is 22.8 Å². The maximum Gasteiger partial charge on any atom is 0.495 e. The first-order valence-corrected chi connectivity index (χ1v) is 8.37. The third kappa shape index (κ3) is 3.71. The predicted octanol–water partition coefficient (Wildman–Crippen LogP) is 3.37. The molecule has 0 aliphatic carbocycles. The quantitative estimate of drug-likeness (QED) is 0.821. The molecule has 5 nitrogen and oxygen atoms in total. The van der Waals surface area contributed by atoms with Crippen LogP contribution in [-0.2, 0) is 9.31 Å². The van der Waals surface area contributed by atoms with Crippen LogP contribution >= 0.6 is 11.6 Å². The van der Waals surface area contributed by atoms with Crippen molar-refractivity contribution in [2.45, 2.75) is 52.7 Å². The van der Waals surface area contributed by atoms with Crippen LogP contribution in [0.4, 0.5) is 0 Å². The van der Waals surface area contributed by atoms with Crippen molar-refractivity contribution >= 4 is 30.2 Å². The number of ether oxygens (including phenoxy) is 1. The second-order valence-corrected chi connectivity index (χ2v) is 7.88. The highest BCUT2D eigenvalue weighted by molar-refractivity contribution is 6.62. The number of benzene rings is 1. The Kier molecular flexibility index (Phi) is 5.24.